The fourth-order valence-corrected chi connectivity index (χ4v) is 1.26. The van der Waals surface area contributed by atoms with Gasteiger partial charge in [0.2, 0.25) is 0 Å². The summed E-state index contributed by atoms with van der Waals surface area (Å²) >= 11 is 0. The molecule has 0 saturated carbocycles. The first-order valence-electron chi connectivity index (χ1n) is 4.21. The number of aliphatic hydroxyl groups is 1. The molecule has 1 aromatic rings. The molecule has 0 aliphatic rings. The van der Waals surface area contributed by atoms with Crippen molar-refractivity contribution in [2.75, 3.05) is 0 Å². The third-order valence-corrected chi connectivity index (χ3v) is 1.93. The van der Waals surface area contributed by atoms with Crippen molar-refractivity contribution in [1.82, 2.24) is 4.98 Å². The summed E-state index contributed by atoms with van der Waals surface area (Å²) in [4.78, 5) is 3.21. The Hall–Kier alpha value is -1.75. The average Bonchev–Trinajstić information content (AvgIpc) is 2.25. The molecule has 1 N–H and O–H groups in total. The van der Waals surface area contributed by atoms with Gasteiger partial charge in [0.25, 0.3) is 6.43 Å². The molecule has 0 amide bonds. The molecule has 0 unspecified atom stereocenters. The zero-order valence-electron chi connectivity index (χ0n) is 8.09. The van der Waals surface area contributed by atoms with Gasteiger partial charge < -0.3 is 5.11 Å². The Kier molecular flexibility index (Phi) is 3.63. The number of rotatable bonds is 2. The molecule has 0 bridgehead atoms. The first-order chi connectivity index (χ1) is 7.81. The zero-order valence-corrected chi connectivity index (χ0v) is 8.09. The maximum Gasteiger partial charge on any atom is 0.417 e. The van der Waals surface area contributed by atoms with Crippen LogP contribution >= 0.6 is 0 Å². The van der Waals surface area contributed by atoms with E-state index >= 15 is 0 Å². The van der Waals surface area contributed by atoms with Gasteiger partial charge in [0.15, 0.2) is 0 Å². The number of hydrogen-bond acceptors (Lipinski definition) is 3. The van der Waals surface area contributed by atoms with E-state index in [0.717, 1.165) is 0 Å². The minimum Gasteiger partial charge on any atom is -0.390 e. The third-order valence-electron chi connectivity index (χ3n) is 1.93. The molecule has 0 spiro atoms. The quantitative estimate of drug-likeness (QED) is 0.822. The van der Waals surface area contributed by atoms with Crippen LogP contribution in [0, 0.1) is 11.3 Å². The fourth-order valence-electron chi connectivity index (χ4n) is 1.26. The van der Waals surface area contributed by atoms with Gasteiger partial charge in [-0.25, -0.2) is 13.8 Å². The van der Waals surface area contributed by atoms with E-state index in [4.69, 9.17) is 10.4 Å². The maximum absolute atomic E-state index is 12.5. The Balaban J connectivity index is 3.60. The second-order valence-corrected chi connectivity index (χ2v) is 2.98. The summed E-state index contributed by atoms with van der Waals surface area (Å²) in [6, 6.07) is 1.55. The van der Waals surface area contributed by atoms with Crippen LogP contribution in [0.4, 0.5) is 22.0 Å². The van der Waals surface area contributed by atoms with Gasteiger partial charge in [0.1, 0.15) is 11.8 Å². The number of aromatic nitrogens is 1. The summed E-state index contributed by atoms with van der Waals surface area (Å²) in [6.07, 6.45) is -8.47. The molecule has 1 rings (SSSR count). The molecule has 8 heteroatoms. The molecule has 0 atom stereocenters. The van der Waals surface area contributed by atoms with Crippen LogP contribution in [-0.4, -0.2) is 10.1 Å². The largest absolute Gasteiger partial charge is 0.417 e. The van der Waals surface area contributed by atoms with Crippen molar-refractivity contribution in [3.63, 3.8) is 0 Å². The van der Waals surface area contributed by atoms with Crippen LogP contribution in [-0.2, 0) is 12.8 Å². The SMILES string of the molecule is N#Cc1cc(C(F)(F)F)c(C(F)F)c(CO)n1. The van der Waals surface area contributed by atoms with Gasteiger partial charge in [-0.15, -0.1) is 0 Å². The van der Waals surface area contributed by atoms with Crippen LogP contribution in [0.3, 0.4) is 0 Å². The fraction of sp³-hybridized carbons (Fsp3) is 0.333. The van der Waals surface area contributed by atoms with Gasteiger partial charge in [-0.3, -0.25) is 0 Å². The standard InChI is InChI=1S/C9H5F5N2O/c10-8(11)7-5(9(12,13)14)1-4(2-15)16-6(7)3-17/h1,8,17H,3H2. The number of alkyl halides is 5. The number of nitriles is 1. The van der Waals surface area contributed by atoms with Gasteiger partial charge in [0.05, 0.1) is 23.4 Å². The first kappa shape index (κ1) is 13.3. The molecule has 0 fully saturated rings. The highest BCUT2D eigenvalue weighted by Gasteiger charge is 2.38. The minimum atomic E-state index is -5.04. The monoisotopic (exact) mass is 252 g/mol. The second-order valence-electron chi connectivity index (χ2n) is 2.98. The maximum atomic E-state index is 12.5. The van der Waals surface area contributed by atoms with Crippen molar-refractivity contribution in [1.29, 1.82) is 5.26 Å². The molecule has 0 saturated heterocycles. The highest BCUT2D eigenvalue weighted by atomic mass is 19.4. The van der Waals surface area contributed by atoms with Crippen molar-refractivity contribution in [2.45, 2.75) is 19.2 Å². The van der Waals surface area contributed by atoms with Gasteiger partial charge in [-0.1, -0.05) is 0 Å². The summed E-state index contributed by atoms with van der Waals surface area (Å²) in [5, 5.41) is 17.1. The lowest BCUT2D eigenvalue weighted by Gasteiger charge is -2.15. The Morgan fingerprint density at radius 3 is 2.35 bits per heavy atom. The highest BCUT2D eigenvalue weighted by molar-refractivity contribution is 5.39. The van der Waals surface area contributed by atoms with Crippen molar-refractivity contribution in [3.05, 3.63) is 28.6 Å². The van der Waals surface area contributed by atoms with E-state index in [0.29, 0.717) is 0 Å². The molecule has 3 nitrogen and oxygen atoms in total. The van der Waals surface area contributed by atoms with Crippen molar-refractivity contribution in [2.24, 2.45) is 0 Å². The minimum absolute atomic E-state index is 0.237. The van der Waals surface area contributed by atoms with Crippen LogP contribution in [0.15, 0.2) is 6.07 Å². The molecule has 0 radical (unpaired) electrons. The van der Waals surface area contributed by atoms with Crippen LogP contribution in [0.1, 0.15) is 28.9 Å². The lowest BCUT2D eigenvalue weighted by atomic mass is 10.0. The Labute approximate surface area is 92.1 Å². The molecule has 1 heterocycles. The lowest BCUT2D eigenvalue weighted by molar-refractivity contribution is -0.139. The third kappa shape index (κ3) is 2.68. The predicted octanol–water partition coefficient (Wildman–Crippen LogP) is 2.40. The van der Waals surface area contributed by atoms with E-state index < -0.39 is 41.7 Å². The summed E-state index contributed by atoms with van der Waals surface area (Å²) in [7, 11) is 0. The molecular formula is C9H5F5N2O. The molecule has 17 heavy (non-hydrogen) atoms. The van der Waals surface area contributed by atoms with Crippen LogP contribution < -0.4 is 0 Å². The van der Waals surface area contributed by atoms with Gasteiger partial charge >= 0.3 is 6.18 Å². The number of hydrogen-bond donors (Lipinski definition) is 1. The Morgan fingerprint density at radius 2 is 2.00 bits per heavy atom. The van der Waals surface area contributed by atoms with E-state index in [9.17, 15) is 22.0 Å². The van der Waals surface area contributed by atoms with Crippen LogP contribution in [0.2, 0.25) is 0 Å². The summed E-state index contributed by atoms with van der Waals surface area (Å²) in [6.45, 7) is -1.10. The van der Waals surface area contributed by atoms with E-state index in [-0.39, 0.29) is 6.07 Å². The van der Waals surface area contributed by atoms with Crippen molar-refractivity contribution < 1.29 is 27.1 Å². The zero-order chi connectivity index (χ0) is 13.2. The predicted molar refractivity (Wildman–Crippen MR) is 44.8 cm³/mol. The highest BCUT2D eigenvalue weighted by Crippen LogP contribution is 2.38. The van der Waals surface area contributed by atoms with E-state index in [1.54, 1.807) is 0 Å². The average molecular weight is 252 g/mol. The van der Waals surface area contributed by atoms with Crippen LogP contribution in [0.25, 0.3) is 0 Å². The van der Waals surface area contributed by atoms with Gasteiger partial charge in [-0.2, -0.15) is 18.4 Å². The van der Waals surface area contributed by atoms with E-state index in [1.165, 1.54) is 6.07 Å². The normalized spacial score (nSPS) is 11.6. The molecule has 1 aromatic heterocycles. The van der Waals surface area contributed by atoms with Gasteiger partial charge in [0, 0.05) is 0 Å². The molecule has 0 aromatic carbocycles. The number of pyridine rings is 1. The summed E-state index contributed by atoms with van der Waals surface area (Å²) in [5.41, 5.74) is -4.56. The molecular weight excluding hydrogens is 247 g/mol. The second kappa shape index (κ2) is 4.63. The van der Waals surface area contributed by atoms with Crippen molar-refractivity contribution in [3.8, 4) is 6.07 Å². The lowest BCUT2D eigenvalue weighted by Crippen LogP contribution is -2.14. The van der Waals surface area contributed by atoms with E-state index in [1.807, 2.05) is 0 Å². The number of nitrogens with zero attached hydrogens (tertiary/aromatic N) is 2. The molecule has 92 valence electrons. The first-order valence-corrected chi connectivity index (χ1v) is 4.21. The van der Waals surface area contributed by atoms with E-state index in [2.05, 4.69) is 4.98 Å². The Morgan fingerprint density at radius 1 is 1.41 bits per heavy atom. The summed E-state index contributed by atoms with van der Waals surface area (Å²) in [5.74, 6) is 0. The van der Waals surface area contributed by atoms with Gasteiger partial charge in [-0.05, 0) is 6.07 Å². The molecule has 0 aliphatic heterocycles. The number of aliphatic hydroxyl groups excluding tert-OH is 1. The summed E-state index contributed by atoms with van der Waals surface area (Å²) < 4.78 is 62.5. The molecule has 0 aliphatic carbocycles. The van der Waals surface area contributed by atoms with Crippen LogP contribution in [0.5, 0.6) is 0 Å². The Bertz CT molecular complexity index is 464. The topological polar surface area (TPSA) is 56.9 Å². The van der Waals surface area contributed by atoms with Crippen molar-refractivity contribution >= 4 is 0 Å². The number of halogens is 5. The smallest absolute Gasteiger partial charge is 0.390 e.